The average molecular weight is 415 g/mol. The van der Waals surface area contributed by atoms with E-state index < -0.39 is 18.5 Å². The van der Waals surface area contributed by atoms with E-state index in [4.69, 9.17) is 23.7 Å². The molecule has 1 N–H and O–H groups in total. The predicted molar refractivity (Wildman–Crippen MR) is 109 cm³/mol. The summed E-state index contributed by atoms with van der Waals surface area (Å²) >= 11 is 0. The van der Waals surface area contributed by atoms with Gasteiger partial charge >= 0.3 is 5.97 Å². The van der Waals surface area contributed by atoms with Gasteiger partial charge in [0.25, 0.3) is 5.91 Å². The van der Waals surface area contributed by atoms with Gasteiger partial charge in [0, 0.05) is 12.7 Å². The van der Waals surface area contributed by atoms with Crippen LogP contribution in [0.4, 0.5) is 5.69 Å². The molecule has 1 aliphatic heterocycles. The van der Waals surface area contributed by atoms with Gasteiger partial charge in [-0.25, -0.2) is 4.79 Å². The van der Waals surface area contributed by atoms with E-state index in [1.54, 1.807) is 42.5 Å². The predicted octanol–water partition coefficient (Wildman–Crippen LogP) is 3.06. The Bertz CT molecular complexity index is 860. The SMILES string of the molecule is COc1ccc(NC(=O)COC(=O)c2ccc(OC[C@@H]3CCCO3)cc2)c(OC)c1. The zero-order valence-electron chi connectivity index (χ0n) is 17.0. The Balaban J connectivity index is 1.47. The van der Waals surface area contributed by atoms with Gasteiger partial charge in [0.1, 0.15) is 23.9 Å². The zero-order valence-corrected chi connectivity index (χ0v) is 17.0. The number of amides is 1. The van der Waals surface area contributed by atoms with Gasteiger partial charge in [0.05, 0.1) is 31.6 Å². The highest BCUT2D eigenvalue weighted by Crippen LogP contribution is 2.29. The zero-order chi connectivity index (χ0) is 21.3. The Kier molecular flexibility index (Phi) is 7.51. The summed E-state index contributed by atoms with van der Waals surface area (Å²) in [6, 6.07) is 11.5. The fourth-order valence-corrected chi connectivity index (χ4v) is 2.95. The van der Waals surface area contributed by atoms with E-state index in [2.05, 4.69) is 5.32 Å². The van der Waals surface area contributed by atoms with Crippen LogP contribution in [0.2, 0.25) is 0 Å². The number of esters is 1. The molecule has 1 fully saturated rings. The summed E-state index contributed by atoms with van der Waals surface area (Å²) in [5.41, 5.74) is 0.779. The Morgan fingerprint density at radius 3 is 2.50 bits per heavy atom. The van der Waals surface area contributed by atoms with E-state index >= 15 is 0 Å². The summed E-state index contributed by atoms with van der Waals surface area (Å²) in [5, 5.41) is 2.64. The van der Waals surface area contributed by atoms with Crippen molar-refractivity contribution in [2.45, 2.75) is 18.9 Å². The number of carbonyl (C=O) groups excluding carboxylic acids is 2. The molecule has 2 aromatic rings. The average Bonchev–Trinajstić information content (AvgIpc) is 3.30. The van der Waals surface area contributed by atoms with Gasteiger partial charge in [0.15, 0.2) is 6.61 Å². The highest BCUT2D eigenvalue weighted by Gasteiger charge is 2.16. The summed E-state index contributed by atoms with van der Waals surface area (Å²) in [6.45, 7) is 0.835. The molecule has 0 spiro atoms. The summed E-state index contributed by atoms with van der Waals surface area (Å²) < 4.78 is 26.6. The minimum Gasteiger partial charge on any atom is -0.497 e. The van der Waals surface area contributed by atoms with Crippen molar-refractivity contribution < 1.29 is 33.3 Å². The molecule has 0 aromatic heterocycles. The first-order valence-corrected chi connectivity index (χ1v) is 9.62. The van der Waals surface area contributed by atoms with Crippen LogP contribution in [0, 0.1) is 0 Å². The molecule has 1 amide bonds. The van der Waals surface area contributed by atoms with Gasteiger partial charge in [-0.05, 0) is 49.2 Å². The Morgan fingerprint density at radius 1 is 1.07 bits per heavy atom. The smallest absolute Gasteiger partial charge is 0.338 e. The number of ether oxygens (including phenoxy) is 5. The molecule has 3 rings (SSSR count). The van der Waals surface area contributed by atoms with Gasteiger partial charge in [-0.1, -0.05) is 0 Å². The molecular weight excluding hydrogens is 390 g/mol. The van der Waals surface area contributed by atoms with E-state index in [-0.39, 0.29) is 6.10 Å². The lowest BCUT2D eigenvalue weighted by Gasteiger charge is -2.12. The van der Waals surface area contributed by atoms with E-state index in [1.807, 2.05) is 0 Å². The van der Waals surface area contributed by atoms with Crippen LogP contribution in [0.25, 0.3) is 0 Å². The molecule has 1 saturated heterocycles. The van der Waals surface area contributed by atoms with E-state index in [0.717, 1.165) is 19.4 Å². The molecule has 0 saturated carbocycles. The highest BCUT2D eigenvalue weighted by atomic mass is 16.5. The lowest BCUT2D eigenvalue weighted by Crippen LogP contribution is -2.21. The number of hydrogen-bond acceptors (Lipinski definition) is 7. The van der Waals surface area contributed by atoms with Crippen LogP contribution in [-0.2, 0) is 14.3 Å². The van der Waals surface area contributed by atoms with Crippen molar-refractivity contribution in [3.8, 4) is 17.2 Å². The molecule has 0 bridgehead atoms. The molecule has 1 heterocycles. The molecule has 0 aliphatic carbocycles. The third-order valence-electron chi connectivity index (χ3n) is 4.57. The number of anilines is 1. The number of benzene rings is 2. The van der Waals surface area contributed by atoms with Gasteiger partial charge in [-0.15, -0.1) is 0 Å². The topological polar surface area (TPSA) is 92.3 Å². The maximum atomic E-state index is 12.2. The first kappa shape index (κ1) is 21.4. The number of carbonyl (C=O) groups is 2. The summed E-state index contributed by atoms with van der Waals surface area (Å²) in [7, 11) is 3.02. The van der Waals surface area contributed by atoms with Crippen LogP contribution < -0.4 is 19.5 Å². The van der Waals surface area contributed by atoms with Crippen LogP contribution in [0.1, 0.15) is 23.2 Å². The van der Waals surface area contributed by atoms with Gasteiger partial charge in [-0.3, -0.25) is 4.79 Å². The third-order valence-corrected chi connectivity index (χ3v) is 4.57. The molecule has 30 heavy (non-hydrogen) atoms. The second-order valence-electron chi connectivity index (χ2n) is 6.66. The first-order valence-electron chi connectivity index (χ1n) is 9.62. The molecular formula is C22H25NO7. The standard InChI is InChI=1S/C22H25NO7/c1-26-17-9-10-19(20(12-17)27-2)23-21(24)14-30-22(25)15-5-7-16(8-6-15)29-13-18-4-3-11-28-18/h5-10,12,18H,3-4,11,13-14H2,1-2H3,(H,23,24)/t18-/m0/s1. The molecule has 0 unspecified atom stereocenters. The van der Waals surface area contributed by atoms with Crippen molar-refractivity contribution in [1.29, 1.82) is 0 Å². The Labute approximate surface area is 175 Å². The van der Waals surface area contributed by atoms with Gasteiger partial charge in [0.2, 0.25) is 0 Å². The largest absolute Gasteiger partial charge is 0.497 e. The molecule has 0 radical (unpaired) electrons. The minimum absolute atomic E-state index is 0.123. The van der Waals surface area contributed by atoms with E-state index in [0.29, 0.717) is 35.1 Å². The van der Waals surface area contributed by atoms with Crippen molar-refractivity contribution in [3.05, 3.63) is 48.0 Å². The summed E-state index contributed by atoms with van der Waals surface area (Å²) in [6.07, 6.45) is 2.17. The maximum absolute atomic E-state index is 12.2. The number of hydrogen-bond donors (Lipinski definition) is 1. The summed E-state index contributed by atoms with van der Waals surface area (Å²) in [5.74, 6) is 0.597. The van der Waals surface area contributed by atoms with E-state index in [9.17, 15) is 9.59 Å². The van der Waals surface area contributed by atoms with Crippen LogP contribution in [0.3, 0.4) is 0 Å². The highest BCUT2D eigenvalue weighted by molar-refractivity contribution is 5.96. The monoisotopic (exact) mass is 415 g/mol. The minimum atomic E-state index is -0.600. The summed E-state index contributed by atoms with van der Waals surface area (Å²) in [4.78, 5) is 24.3. The maximum Gasteiger partial charge on any atom is 0.338 e. The number of rotatable bonds is 9. The van der Waals surface area contributed by atoms with Crippen molar-refractivity contribution in [2.24, 2.45) is 0 Å². The fraction of sp³-hybridized carbons (Fsp3) is 0.364. The quantitative estimate of drug-likeness (QED) is 0.629. The van der Waals surface area contributed by atoms with Crippen LogP contribution >= 0.6 is 0 Å². The van der Waals surface area contributed by atoms with E-state index in [1.165, 1.54) is 14.2 Å². The molecule has 8 heteroatoms. The molecule has 1 atom stereocenters. The van der Waals surface area contributed by atoms with Crippen LogP contribution in [0.5, 0.6) is 17.2 Å². The molecule has 8 nitrogen and oxygen atoms in total. The fourth-order valence-electron chi connectivity index (χ4n) is 2.95. The van der Waals surface area contributed by atoms with Crippen molar-refractivity contribution in [3.63, 3.8) is 0 Å². The molecule has 160 valence electrons. The van der Waals surface area contributed by atoms with Crippen molar-refractivity contribution >= 4 is 17.6 Å². The molecule has 1 aliphatic rings. The Hall–Kier alpha value is -3.26. The van der Waals surface area contributed by atoms with Crippen LogP contribution in [-0.4, -0.2) is 52.0 Å². The second kappa shape index (κ2) is 10.5. The van der Waals surface area contributed by atoms with Gasteiger partial charge in [-0.2, -0.15) is 0 Å². The van der Waals surface area contributed by atoms with Crippen molar-refractivity contribution in [2.75, 3.05) is 39.4 Å². The Morgan fingerprint density at radius 2 is 1.83 bits per heavy atom. The number of nitrogens with one attached hydrogen (secondary N) is 1. The lowest BCUT2D eigenvalue weighted by atomic mass is 10.2. The second-order valence-corrected chi connectivity index (χ2v) is 6.66. The first-order chi connectivity index (χ1) is 14.6. The number of methoxy groups -OCH3 is 2. The normalized spacial score (nSPS) is 15.3. The lowest BCUT2D eigenvalue weighted by molar-refractivity contribution is -0.119. The van der Waals surface area contributed by atoms with Crippen molar-refractivity contribution in [1.82, 2.24) is 0 Å². The molecule has 2 aromatic carbocycles. The third kappa shape index (κ3) is 5.87. The van der Waals surface area contributed by atoms with Gasteiger partial charge < -0.3 is 29.0 Å². The van der Waals surface area contributed by atoms with Crippen LogP contribution in [0.15, 0.2) is 42.5 Å².